The van der Waals surface area contributed by atoms with Gasteiger partial charge in [0, 0.05) is 32.7 Å². The minimum atomic E-state index is -0.379. The molecule has 0 fully saturated rings. The Balaban J connectivity index is 0.00000342. The van der Waals surface area contributed by atoms with Gasteiger partial charge in [-0.3, -0.25) is 9.59 Å². The molecule has 1 amide bonds. The standard InChI is InChI=1S/C26H20Cl2N3O3.Y/c1-34-22-16-30-31(19-6-3-2-4-7-19)26(33)23(22)18-12-10-17(11-13-18)14-15-29-25(32)24-20(27)8-5-9-21(24)28;/h2-13,15-16H,14H2,1H3,(H,29,32);/q-1;. The van der Waals surface area contributed by atoms with Gasteiger partial charge in [0.1, 0.15) is 0 Å². The molecule has 1 radical (unpaired) electrons. The van der Waals surface area contributed by atoms with Gasteiger partial charge in [-0.1, -0.05) is 77.3 Å². The zero-order valence-corrected chi connectivity index (χ0v) is 23.1. The first-order valence-corrected chi connectivity index (χ1v) is 11.1. The second-order valence-corrected chi connectivity index (χ2v) is 8.13. The van der Waals surface area contributed by atoms with E-state index in [1.54, 1.807) is 24.7 Å². The number of rotatable bonds is 7. The van der Waals surface area contributed by atoms with Gasteiger partial charge in [-0.2, -0.15) is 9.78 Å². The third-order valence-corrected chi connectivity index (χ3v) is 5.80. The Kier molecular flexibility index (Phi) is 9.64. The number of nitrogens with zero attached hydrogens (tertiary/aromatic N) is 2. The summed E-state index contributed by atoms with van der Waals surface area (Å²) in [6.45, 7) is 1.63. The number of halogens is 2. The van der Waals surface area contributed by atoms with Crippen LogP contribution in [0.2, 0.25) is 10.0 Å². The van der Waals surface area contributed by atoms with E-state index in [9.17, 15) is 9.59 Å². The van der Waals surface area contributed by atoms with Gasteiger partial charge in [-0.15, -0.1) is 6.42 Å². The smallest absolute Gasteiger partial charge is 0.283 e. The molecule has 0 bridgehead atoms. The number of carbonyl (C=O) groups is 1. The number of ether oxygens (including phenoxy) is 1. The fourth-order valence-electron chi connectivity index (χ4n) is 3.47. The molecule has 0 aliphatic carbocycles. The van der Waals surface area contributed by atoms with Gasteiger partial charge >= 0.3 is 0 Å². The van der Waals surface area contributed by atoms with Crippen molar-refractivity contribution in [2.24, 2.45) is 0 Å². The van der Waals surface area contributed by atoms with Crippen LogP contribution in [0.15, 0.2) is 83.8 Å². The van der Waals surface area contributed by atoms with Crippen molar-refractivity contribution >= 4 is 29.1 Å². The van der Waals surface area contributed by atoms with Gasteiger partial charge in [0.2, 0.25) is 5.91 Å². The monoisotopic (exact) mass is 581 g/mol. The molecule has 0 saturated heterocycles. The van der Waals surface area contributed by atoms with Crippen molar-refractivity contribution in [2.45, 2.75) is 6.42 Å². The minimum Gasteiger partial charge on any atom is -0.501 e. The number of methoxy groups -OCH3 is 1. The van der Waals surface area contributed by atoms with E-state index in [1.807, 2.05) is 54.6 Å². The third kappa shape index (κ3) is 6.20. The van der Waals surface area contributed by atoms with Crippen LogP contribution in [0.25, 0.3) is 16.8 Å². The van der Waals surface area contributed by atoms with Gasteiger partial charge in [0.25, 0.3) is 5.56 Å². The molecule has 0 spiro atoms. The van der Waals surface area contributed by atoms with Crippen LogP contribution in [-0.4, -0.2) is 22.8 Å². The van der Waals surface area contributed by atoms with E-state index in [2.05, 4.69) is 10.4 Å². The van der Waals surface area contributed by atoms with Crippen LogP contribution in [0.1, 0.15) is 15.9 Å². The molecule has 0 saturated carbocycles. The molecule has 0 aliphatic rings. The predicted molar refractivity (Wildman–Crippen MR) is 134 cm³/mol. The molecule has 0 atom stereocenters. The maximum Gasteiger partial charge on any atom is 0.283 e. The fourth-order valence-corrected chi connectivity index (χ4v) is 4.04. The average molecular weight is 582 g/mol. The van der Waals surface area contributed by atoms with Crippen LogP contribution < -0.4 is 15.6 Å². The SMILES string of the molecule is COc1cnn(-c2ccccc2)c(=O)c1-c1ccc(C[CH-]NC(=O)c2c(Cl)cccc2Cl)cc1.[Y]. The summed E-state index contributed by atoms with van der Waals surface area (Å²) in [4.78, 5) is 25.6. The van der Waals surface area contributed by atoms with E-state index in [0.717, 1.165) is 5.56 Å². The molecule has 4 aromatic rings. The van der Waals surface area contributed by atoms with Gasteiger partial charge in [-0.25, -0.2) is 6.54 Å². The van der Waals surface area contributed by atoms with E-state index >= 15 is 0 Å². The molecular weight excluding hydrogens is 562 g/mol. The van der Waals surface area contributed by atoms with E-state index < -0.39 is 0 Å². The Morgan fingerprint density at radius 3 is 2.29 bits per heavy atom. The number of aromatic nitrogens is 2. The summed E-state index contributed by atoms with van der Waals surface area (Å²) < 4.78 is 6.75. The number of nitrogens with one attached hydrogen (secondary N) is 1. The molecule has 4 rings (SSSR count). The van der Waals surface area contributed by atoms with Crippen LogP contribution in [0.5, 0.6) is 5.75 Å². The van der Waals surface area contributed by atoms with E-state index in [0.29, 0.717) is 29.0 Å². The van der Waals surface area contributed by atoms with Gasteiger partial charge in [-0.05, 0) is 29.8 Å². The maximum absolute atomic E-state index is 13.2. The average Bonchev–Trinajstić information content (AvgIpc) is 2.85. The Labute approximate surface area is 238 Å². The van der Waals surface area contributed by atoms with Crippen LogP contribution >= 0.6 is 23.2 Å². The molecule has 1 N–H and O–H groups in total. The first-order chi connectivity index (χ1) is 16.5. The predicted octanol–water partition coefficient (Wildman–Crippen LogP) is 5.35. The summed E-state index contributed by atoms with van der Waals surface area (Å²) >= 11 is 12.2. The molecule has 35 heavy (non-hydrogen) atoms. The van der Waals surface area contributed by atoms with E-state index in [-0.39, 0.29) is 59.8 Å². The molecule has 1 heterocycles. The molecular formula is C26H20Cl2N3O3Y-. The maximum atomic E-state index is 13.2. The number of benzene rings is 3. The van der Waals surface area contributed by atoms with Crippen molar-refractivity contribution in [3.63, 3.8) is 0 Å². The fraction of sp³-hybridized carbons (Fsp3) is 0.0769. The summed E-state index contributed by atoms with van der Waals surface area (Å²) in [5.74, 6) is 0.00980. The number of carbonyl (C=O) groups excluding carboxylic acids is 1. The van der Waals surface area contributed by atoms with Crippen molar-refractivity contribution < 1.29 is 42.2 Å². The van der Waals surface area contributed by atoms with Crippen LogP contribution in [-0.2, 0) is 39.1 Å². The van der Waals surface area contributed by atoms with Crippen molar-refractivity contribution in [2.75, 3.05) is 7.11 Å². The van der Waals surface area contributed by atoms with E-state index in [4.69, 9.17) is 27.9 Å². The first kappa shape index (κ1) is 27.1. The van der Waals surface area contributed by atoms with Crippen molar-refractivity contribution in [1.82, 2.24) is 15.1 Å². The molecule has 175 valence electrons. The third-order valence-electron chi connectivity index (χ3n) is 5.17. The second-order valence-electron chi connectivity index (χ2n) is 7.32. The molecule has 3 aromatic carbocycles. The van der Waals surface area contributed by atoms with Crippen molar-refractivity contribution in [1.29, 1.82) is 0 Å². The zero-order chi connectivity index (χ0) is 24.1. The van der Waals surface area contributed by atoms with Gasteiger partial charge in [0.15, 0.2) is 5.75 Å². The Morgan fingerprint density at radius 1 is 1.00 bits per heavy atom. The van der Waals surface area contributed by atoms with E-state index in [1.165, 1.54) is 18.0 Å². The summed E-state index contributed by atoms with van der Waals surface area (Å²) in [5.41, 5.74) is 2.66. The van der Waals surface area contributed by atoms with Crippen LogP contribution in [0.3, 0.4) is 0 Å². The molecule has 1 aromatic heterocycles. The zero-order valence-electron chi connectivity index (χ0n) is 18.7. The summed E-state index contributed by atoms with van der Waals surface area (Å²) in [5, 5.41) is 7.52. The van der Waals surface area contributed by atoms with Crippen LogP contribution in [0.4, 0.5) is 0 Å². The number of para-hydroxylation sites is 1. The second kappa shape index (κ2) is 12.5. The molecule has 9 heteroatoms. The minimum absolute atomic E-state index is 0. The quantitative estimate of drug-likeness (QED) is 0.299. The molecule has 6 nitrogen and oxygen atoms in total. The largest absolute Gasteiger partial charge is 0.501 e. The van der Waals surface area contributed by atoms with Crippen LogP contribution in [0, 0.1) is 6.54 Å². The Bertz CT molecular complexity index is 1360. The molecule has 0 aliphatic heterocycles. The Hall–Kier alpha value is -2.51. The Morgan fingerprint density at radius 2 is 1.66 bits per heavy atom. The number of amides is 1. The first-order valence-electron chi connectivity index (χ1n) is 10.4. The van der Waals surface area contributed by atoms with Crippen molar-refractivity contribution in [3.05, 3.63) is 117 Å². The summed E-state index contributed by atoms with van der Waals surface area (Å²) in [6, 6.07) is 21.5. The molecule has 0 unspecified atom stereocenters. The topological polar surface area (TPSA) is 73.2 Å². The van der Waals surface area contributed by atoms with Gasteiger partial charge < -0.3 is 10.1 Å². The van der Waals surface area contributed by atoms with Gasteiger partial charge in [0.05, 0.1) is 40.2 Å². The van der Waals surface area contributed by atoms with Crippen molar-refractivity contribution in [3.8, 4) is 22.6 Å². The summed E-state index contributed by atoms with van der Waals surface area (Å²) in [7, 11) is 1.50. The number of hydrogen-bond acceptors (Lipinski definition) is 4. The normalized spacial score (nSPS) is 10.4. The number of hydrogen-bond donors (Lipinski definition) is 1. The summed E-state index contributed by atoms with van der Waals surface area (Å²) in [6.07, 6.45) is 2.00.